The van der Waals surface area contributed by atoms with Crippen molar-refractivity contribution in [1.82, 2.24) is 0 Å². The zero-order valence-electron chi connectivity index (χ0n) is 19.6. The minimum absolute atomic E-state index is 0.244. The number of aliphatic hydroxyl groups excluding tert-OH is 1. The number of rotatable bonds is 10. The fourth-order valence-electron chi connectivity index (χ4n) is 3.10. The fourth-order valence-corrected chi connectivity index (χ4v) is 3.10. The number of ether oxygens (including phenoxy) is 4. The quantitative estimate of drug-likeness (QED) is 0.366. The van der Waals surface area contributed by atoms with E-state index in [1.807, 2.05) is 0 Å². The summed E-state index contributed by atoms with van der Waals surface area (Å²) < 4.78 is 21.2. The second-order valence-corrected chi connectivity index (χ2v) is 7.29. The molecular formula is C24H30N2O7. The molecule has 2 unspecified atom stereocenters. The minimum atomic E-state index is -1.10. The molecule has 2 rings (SSSR count). The summed E-state index contributed by atoms with van der Waals surface area (Å²) in [6, 6.07) is 7.12. The summed E-state index contributed by atoms with van der Waals surface area (Å²) in [5, 5.41) is 12.2. The Balaban J connectivity index is 2.39. The Morgan fingerprint density at radius 1 is 0.970 bits per heavy atom. The van der Waals surface area contributed by atoms with Crippen LogP contribution in [0.3, 0.4) is 0 Å². The van der Waals surface area contributed by atoms with Crippen LogP contribution in [0, 0.1) is 0 Å². The van der Waals surface area contributed by atoms with Gasteiger partial charge < -0.3 is 35.1 Å². The molecule has 2 aromatic rings. The lowest BCUT2D eigenvalue weighted by Crippen LogP contribution is -2.43. The highest BCUT2D eigenvalue weighted by Gasteiger charge is 2.21. The van der Waals surface area contributed by atoms with E-state index in [0.717, 1.165) is 0 Å². The molecule has 0 aromatic heterocycles. The Kier molecular flexibility index (Phi) is 8.84. The van der Waals surface area contributed by atoms with Crippen molar-refractivity contribution < 1.29 is 33.6 Å². The second kappa shape index (κ2) is 11.3. The monoisotopic (exact) mass is 458 g/mol. The van der Waals surface area contributed by atoms with Crippen LogP contribution in [-0.4, -0.2) is 57.4 Å². The first-order chi connectivity index (χ1) is 15.7. The maximum Gasteiger partial charge on any atom is 0.244 e. The molecule has 0 bridgehead atoms. The smallest absolute Gasteiger partial charge is 0.244 e. The molecule has 9 nitrogen and oxygen atoms in total. The summed E-state index contributed by atoms with van der Waals surface area (Å²) in [5.74, 6) is 0.742. The van der Waals surface area contributed by atoms with E-state index < -0.39 is 18.1 Å². The van der Waals surface area contributed by atoms with Crippen molar-refractivity contribution in [3.63, 3.8) is 0 Å². The maximum atomic E-state index is 13.1. The van der Waals surface area contributed by atoms with Crippen molar-refractivity contribution in [2.24, 2.45) is 5.73 Å². The molecule has 0 saturated carbocycles. The van der Waals surface area contributed by atoms with Crippen molar-refractivity contribution in [3.8, 4) is 23.0 Å². The number of allylic oxidation sites excluding steroid dienone is 1. The van der Waals surface area contributed by atoms with Crippen molar-refractivity contribution in [1.29, 1.82) is 0 Å². The largest absolute Gasteiger partial charge is 0.495 e. The number of hydrogen-bond acceptors (Lipinski definition) is 8. The summed E-state index contributed by atoms with van der Waals surface area (Å²) in [4.78, 5) is 25.3. The molecule has 0 spiro atoms. The van der Waals surface area contributed by atoms with Crippen molar-refractivity contribution in [3.05, 3.63) is 47.0 Å². The van der Waals surface area contributed by atoms with Crippen LogP contribution < -0.4 is 30.0 Å². The Labute approximate surface area is 193 Å². The van der Waals surface area contributed by atoms with E-state index in [1.165, 1.54) is 35.4 Å². The van der Waals surface area contributed by atoms with Gasteiger partial charge in [-0.15, -0.1) is 0 Å². The van der Waals surface area contributed by atoms with Gasteiger partial charge in [0.25, 0.3) is 0 Å². The Morgan fingerprint density at radius 2 is 1.55 bits per heavy atom. The van der Waals surface area contributed by atoms with Crippen LogP contribution in [0.1, 0.15) is 29.8 Å². The molecule has 0 fully saturated rings. The van der Waals surface area contributed by atoms with E-state index in [9.17, 15) is 14.7 Å². The van der Waals surface area contributed by atoms with Crippen LogP contribution in [0.25, 0.3) is 6.08 Å². The van der Waals surface area contributed by atoms with E-state index in [0.29, 0.717) is 45.4 Å². The number of methoxy groups -OCH3 is 4. The molecule has 2 atom stereocenters. The molecular weight excluding hydrogens is 428 g/mol. The van der Waals surface area contributed by atoms with Crippen LogP contribution in [0.4, 0.5) is 5.69 Å². The molecule has 0 radical (unpaired) electrons. The number of benzene rings is 2. The number of carbonyl (C=O) groups excluding carboxylic acids is 2. The average Bonchev–Trinajstić information content (AvgIpc) is 2.81. The first kappa shape index (κ1) is 25.7. The molecule has 1 amide bonds. The molecule has 33 heavy (non-hydrogen) atoms. The summed E-state index contributed by atoms with van der Waals surface area (Å²) in [6.07, 6.45) is 0.660. The van der Waals surface area contributed by atoms with Gasteiger partial charge in [-0.25, -0.2) is 0 Å². The SMILES string of the molecule is COc1ccc(C=C(C)C(=O)c2cc(OC)c(OC)c(OC)c2)cc1NC(=O)C(N)C(C)O. The molecule has 0 aliphatic carbocycles. The van der Waals surface area contributed by atoms with Gasteiger partial charge in [-0.05, 0) is 55.3 Å². The van der Waals surface area contributed by atoms with Crippen LogP contribution in [0.5, 0.6) is 23.0 Å². The number of aliphatic hydroxyl groups is 1. The summed E-state index contributed by atoms with van der Waals surface area (Å²) >= 11 is 0. The van der Waals surface area contributed by atoms with Gasteiger partial charge in [0, 0.05) is 5.56 Å². The first-order valence-electron chi connectivity index (χ1n) is 10.1. The highest BCUT2D eigenvalue weighted by molar-refractivity contribution is 6.11. The van der Waals surface area contributed by atoms with Gasteiger partial charge in [0.15, 0.2) is 17.3 Å². The van der Waals surface area contributed by atoms with Gasteiger partial charge in [-0.3, -0.25) is 9.59 Å². The number of hydrogen-bond donors (Lipinski definition) is 3. The predicted molar refractivity (Wildman–Crippen MR) is 125 cm³/mol. The number of anilines is 1. The van der Waals surface area contributed by atoms with Crippen LogP contribution in [0.2, 0.25) is 0 Å². The molecule has 2 aromatic carbocycles. The number of nitrogens with one attached hydrogen (secondary N) is 1. The summed E-state index contributed by atoms with van der Waals surface area (Å²) in [6.45, 7) is 3.11. The Hall–Kier alpha value is -3.56. The van der Waals surface area contributed by atoms with Crippen molar-refractivity contribution in [2.75, 3.05) is 33.8 Å². The molecule has 9 heteroatoms. The second-order valence-electron chi connectivity index (χ2n) is 7.29. The predicted octanol–water partition coefficient (Wildman–Crippen LogP) is 2.65. The lowest BCUT2D eigenvalue weighted by Gasteiger charge is -2.16. The number of ketones is 1. The third-order valence-corrected chi connectivity index (χ3v) is 4.97. The normalized spacial score (nSPS) is 13.0. The zero-order chi connectivity index (χ0) is 24.7. The third-order valence-electron chi connectivity index (χ3n) is 4.97. The van der Waals surface area contributed by atoms with Gasteiger partial charge in [-0.2, -0.15) is 0 Å². The molecule has 0 aliphatic rings. The maximum absolute atomic E-state index is 13.1. The number of carbonyl (C=O) groups is 2. The van der Waals surface area contributed by atoms with E-state index >= 15 is 0 Å². The summed E-state index contributed by atoms with van der Waals surface area (Å²) in [5.41, 5.74) is 7.51. The zero-order valence-corrected chi connectivity index (χ0v) is 19.6. The van der Waals surface area contributed by atoms with Gasteiger partial charge in [-0.1, -0.05) is 6.07 Å². The molecule has 0 aliphatic heterocycles. The van der Waals surface area contributed by atoms with Gasteiger partial charge in [0.2, 0.25) is 11.7 Å². The van der Waals surface area contributed by atoms with E-state index in [-0.39, 0.29) is 5.78 Å². The molecule has 178 valence electrons. The number of Topliss-reactive ketones (excluding diaryl/α,β-unsaturated/α-hetero) is 1. The van der Waals surface area contributed by atoms with Crippen molar-refractivity contribution in [2.45, 2.75) is 26.0 Å². The standard InChI is InChI=1S/C24H30N2O7/c1-13(22(28)16-11-19(31-4)23(33-6)20(12-16)32-5)9-15-7-8-18(30-3)17(10-15)26-24(29)21(25)14(2)27/h7-12,14,21,27H,25H2,1-6H3,(H,26,29). The fraction of sp³-hybridized carbons (Fsp3) is 0.333. The lowest BCUT2D eigenvalue weighted by atomic mass is 10.0. The molecule has 4 N–H and O–H groups in total. The van der Waals surface area contributed by atoms with Crippen LogP contribution in [0.15, 0.2) is 35.9 Å². The minimum Gasteiger partial charge on any atom is -0.495 e. The third kappa shape index (κ3) is 6.03. The van der Waals surface area contributed by atoms with Gasteiger partial charge in [0.1, 0.15) is 11.8 Å². The van der Waals surface area contributed by atoms with Gasteiger partial charge in [0.05, 0.1) is 40.2 Å². The summed E-state index contributed by atoms with van der Waals surface area (Å²) in [7, 11) is 5.91. The van der Waals surface area contributed by atoms with Crippen molar-refractivity contribution >= 4 is 23.5 Å². The van der Waals surface area contributed by atoms with Gasteiger partial charge >= 0.3 is 0 Å². The van der Waals surface area contributed by atoms with E-state index in [4.69, 9.17) is 24.7 Å². The lowest BCUT2D eigenvalue weighted by molar-refractivity contribution is -0.119. The van der Waals surface area contributed by atoms with Crippen LogP contribution >= 0.6 is 0 Å². The average molecular weight is 459 g/mol. The van der Waals surface area contributed by atoms with Crippen LogP contribution in [-0.2, 0) is 4.79 Å². The Morgan fingerprint density at radius 3 is 2.03 bits per heavy atom. The number of amides is 1. The highest BCUT2D eigenvalue weighted by atomic mass is 16.5. The number of nitrogens with two attached hydrogens (primary N) is 1. The van der Waals surface area contributed by atoms with E-state index in [1.54, 1.807) is 43.3 Å². The molecule has 0 heterocycles. The van der Waals surface area contributed by atoms with E-state index in [2.05, 4.69) is 5.32 Å². The topological polar surface area (TPSA) is 129 Å². The highest BCUT2D eigenvalue weighted by Crippen LogP contribution is 2.38. The Bertz CT molecular complexity index is 1020. The molecule has 0 saturated heterocycles. The first-order valence-corrected chi connectivity index (χ1v) is 10.1.